The lowest BCUT2D eigenvalue weighted by molar-refractivity contribution is -0.138. The zero-order valence-electron chi connectivity index (χ0n) is 12.1. The highest BCUT2D eigenvalue weighted by atomic mass is 32.1. The molecule has 1 aromatic carbocycles. The maximum atomic E-state index is 12.9. The lowest BCUT2D eigenvalue weighted by atomic mass is 10.2. The number of benzene rings is 1. The van der Waals surface area contributed by atoms with Crippen LogP contribution < -0.4 is 0 Å². The van der Waals surface area contributed by atoms with Gasteiger partial charge in [-0.15, -0.1) is 11.3 Å². The summed E-state index contributed by atoms with van der Waals surface area (Å²) < 4.78 is 12.9. The van der Waals surface area contributed by atoms with Crippen LogP contribution in [0, 0.1) is 5.82 Å². The van der Waals surface area contributed by atoms with Crippen LogP contribution in [0.1, 0.15) is 24.3 Å². The van der Waals surface area contributed by atoms with E-state index in [-0.39, 0.29) is 24.1 Å². The van der Waals surface area contributed by atoms with Crippen molar-refractivity contribution in [2.45, 2.75) is 19.9 Å². The Morgan fingerprint density at radius 1 is 1.32 bits per heavy atom. The molecule has 0 aliphatic carbocycles. The van der Waals surface area contributed by atoms with Crippen LogP contribution in [-0.4, -0.2) is 39.5 Å². The summed E-state index contributed by atoms with van der Waals surface area (Å²) in [5, 5.41) is 11.1. The number of carboxylic acid groups (broad SMARTS) is 1. The van der Waals surface area contributed by atoms with E-state index in [9.17, 15) is 14.0 Å². The summed E-state index contributed by atoms with van der Waals surface area (Å²) in [4.78, 5) is 28.7. The summed E-state index contributed by atoms with van der Waals surface area (Å²) in [6.45, 7) is 3.11. The van der Waals surface area contributed by atoms with Gasteiger partial charge in [0.15, 0.2) is 0 Å². The van der Waals surface area contributed by atoms with E-state index in [0.717, 1.165) is 0 Å². The number of aromatic nitrogens is 1. The normalized spacial score (nSPS) is 10.7. The number of hydrogen-bond acceptors (Lipinski definition) is 4. The highest BCUT2D eigenvalue weighted by Gasteiger charge is 2.23. The first-order valence-electron chi connectivity index (χ1n) is 6.62. The van der Waals surface area contributed by atoms with Crippen LogP contribution in [-0.2, 0) is 4.79 Å². The van der Waals surface area contributed by atoms with Gasteiger partial charge in [0.05, 0.1) is 0 Å². The van der Waals surface area contributed by atoms with Crippen molar-refractivity contribution in [3.8, 4) is 10.6 Å². The number of aliphatic carboxylic acids is 1. The van der Waals surface area contributed by atoms with Gasteiger partial charge in [0.25, 0.3) is 5.91 Å². The molecule has 1 amide bonds. The maximum Gasteiger partial charge on any atom is 0.323 e. The smallest absolute Gasteiger partial charge is 0.323 e. The van der Waals surface area contributed by atoms with Crippen molar-refractivity contribution in [2.75, 3.05) is 6.54 Å². The summed E-state index contributed by atoms with van der Waals surface area (Å²) in [6.07, 6.45) is 0. The summed E-state index contributed by atoms with van der Waals surface area (Å²) in [5.41, 5.74) is 0.902. The molecular formula is C15H15FN2O3S. The maximum absolute atomic E-state index is 12.9. The van der Waals surface area contributed by atoms with E-state index in [1.54, 1.807) is 31.4 Å². The molecule has 0 bridgehead atoms. The molecule has 7 heteroatoms. The van der Waals surface area contributed by atoms with E-state index in [1.165, 1.54) is 28.4 Å². The largest absolute Gasteiger partial charge is 0.480 e. The molecule has 2 aromatic rings. The molecule has 0 unspecified atom stereocenters. The third-order valence-electron chi connectivity index (χ3n) is 3.00. The van der Waals surface area contributed by atoms with E-state index < -0.39 is 11.9 Å². The molecule has 0 aliphatic rings. The Hall–Kier alpha value is -2.28. The Balaban J connectivity index is 2.24. The van der Waals surface area contributed by atoms with Gasteiger partial charge >= 0.3 is 5.97 Å². The van der Waals surface area contributed by atoms with Crippen molar-refractivity contribution in [1.29, 1.82) is 0 Å². The van der Waals surface area contributed by atoms with Gasteiger partial charge in [0.2, 0.25) is 0 Å². The number of carbonyl (C=O) groups is 2. The van der Waals surface area contributed by atoms with Crippen LogP contribution >= 0.6 is 11.3 Å². The SMILES string of the molecule is CC(C)N(CC(=O)O)C(=O)c1csc(-c2ccc(F)cc2)n1. The molecule has 1 N–H and O–H groups in total. The molecule has 2 rings (SSSR count). The van der Waals surface area contributed by atoms with Gasteiger partial charge in [0.1, 0.15) is 23.1 Å². The van der Waals surface area contributed by atoms with E-state index in [2.05, 4.69) is 4.98 Å². The number of rotatable bonds is 5. The lowest BCUT2D eigenvalue weighted by Crippen LogP contribution is -2.40. The lowest BCUT2D eigenvalue weighted by Gasteiger charge is -2.23. The van der Waals surface area contributed by atoms with Crippen molar-refractivity contribution in [1.82, 2.24) is 9.88 Å². The third-order valence-corrected chi connectivity index (χ3v) is 3.90. The van der Waals surface area contributed by atoms with E-state index in [4.69, 9.17) is 5.11 Å². The average molecular weight is 322 g/mol. The first kappa shape index (κ1) is 16.1. The molecule has 0 fully saturated rings. The highest BCUT2D eigenvalue weighted by molar-refractivity contribution is 7.13. The molecule has 1 aromatic heterocycles. The standard InChI is InChI=1S/C15H15FN2O3S/c1-9(2)18(7-13(19)20)15(21)12-8-22-14(17-12)10-3-5-11(16)6-4-10/h3-6,8-9H,7H2,1-2H3,(H,19,20). The van der Waals surface area contributed by atoms with Gasteiger partial charge in [0, 0.05) is 17.0 Å². The number of thiazole rings is 1. The zero-order valence-corrected chi connectivity index (χ0v) is 12.9. The number of hydrogen-bond donors (Lipinski definition) is 1. The minimum Gasteiger partial charge on any atom is -0.480 e. The van der Waals surface area contributed by atoms with E-state index >= 15 is 0 Å². The van der Waals surface area contributed by atoms with Crippen molar-refractivity contribution in [2.24, 2.45) is 0 Å². The van der Waals surface area contributed by atoms with Crippen molar-refractivity contribution in [3.05, 3.63) is 41.2 Å². The summed E-state index contributed by atoms with van der Waals surface area (Å²) in [6, 6.07) is 5.56. The Kier molecular flexibility index (Phi) is 4.87. The van der Waals surface area contributed by atoms with Crippen LogP contribution in [0.3, 0.4) is 0 Å². The van der Waals surface area contributed by atoms with Crippen molar-refractivity contribution < 1.29 is 19.1 Å². The molecule has 22 heavy (non-hydrogen) atoms. The number of carboxylic acids is 1. The monoisotopic (exact) mass is 322 g/mol. The second-order valence-corrected chi connectivity index (χ2v) is 5.82. The number of halogens is 1. The Morgan fingerprint density at radius 2 is 1.95 bits per heavy atom. The summed E-state index contributed by atoms with van der Waals surface area (Å²) >= 11 is 1.26. The molecule has 0 spiro atoms. The molecule has 5 nitrogen and oxygen atoms in total. The molecule has 0 saturated carbocycles. The van der Waals surface area contributed by atoms with Crippen LogP contribution in [0.4, 0.5) is 4.39 Å². The van der Waals surface area contributed by atoms with E-state index in [0.29, 0.717) is 10.6 Å². The fraction of sp³-hybridized carbons (Fsp3) is 0.267. The first-order valence-corrected chi connectivity index (χ1v) is 7.50. The van der Waals surface area contributed by atoms with Gasteiger partial charge in [-0.2, -0.15) is 0 Å². The predicted molar refractivity (Wildman–Crippen MR) is 81.3 cm³/mol. The van der Waals surface area contributed by atoms with Gasteiger partial charge in [-0.05, 0) is 38.1 Å². The number of carbonyl (C=O) groups excluding carboxylic acids is 1. The Morgan fingerprint density at radius 3 is 2.50 bits per heavy atom. The topological polar surface area (TPSA) is 70.5 Å². The molecule has 0 aliphatic heterocycles. The van der Waals surface area contributed by atoms with Gasteiger partial charge in [-0.25, -0.2) is 9.37 Å². The van der Waals surface area contributed by atoms with Crippen molar-refractivity contribution >= 4 is 23.2 Å². The van der Waals surface area contributed by atoms with Crippen LogP contribution in [0.5, 0.6) is 0 Å². The second kappa shape index (κ2) is 6.65. The first-order chi connectivity index (χ1) is 10.4. The molecule has 0 saturated heterocycles. The highest BCUT2D eigenvalue weighted by Crippen LogP contribution is 2.24. The Bertz CT molecular complexity index is 682. The summed E-state index contributed by atoms with van der Waals surface area (Å²) in [5.74, 6) is -1.85. The third kappa shape index (κ3) is 3.67. The minimum absolute atomic E-state index is 0.194. The average Bonchev–Trinajstić information content (AvgIpc) is 2.94. The van der Waals surface area contributed by atoms with Crippen LogP contribution in [0.15, 0.2) is 29.6 Å². The molecule has 116 valence electrons. The predicted octanol–water partition coefficient (Wildman–Crippen LogP) is 2.88. The molecule has 1 heterocycles. The van der Waals surface area contributed by atoms with Crippen molar-refractivity contribution in [3.63, 3.8) is 0 Å². The second-order valence-electron chi connectivity index (χ2n) is 4.97. The molecule has 0 radical (unpaired) electrons. The molecular weight excluding hydrogens is 307 g/mol. The zero-order chi connectivity index (χ0) is 16.3. The van der Waals surface area contributed by atoms with Crippen LogP contribution in [0.2, 0.25) is 0 Å². The van der Waals surface area contributed by atoms with E-state index in [1.807, 2.05) is 0 Å². The van der Waals surface area contributed by atoms with Gasteiger partial charge < -0.3 is 10.0 Å². The number of nitrogens with zero attached hydrogens (tertiary/aromatic N) is 2. The summed E-state index contributed by atoms with van der Waals surface area (Å²) in [7, 11) is 0. The molecule has 0 atom stereocenters. The number of amides is 1. The fourth-order valence-corrected chi connectivity index (χ4v) is 2.68. The fourth-order valence-electron chi connectivity index (χ4n) is 1.88. The Labute approximate surface area is 131 Å². The van der Waals surface area contributed by atoms with Crippen LogP contribution in [0.25, 0.3) is 10.6 Å². The van der Waals surface area contributed by atoms with Gasteiger partial charge in [-0.3, -0.25) is 9.59 Å². The minimum atomic E-state index is -1.07. The quantitative estimate of drug-likeness (QED) is 0.919. The van der Waals surface area contributed by atoms with Gasteiger partial charge in [-0.1, -0.05) is 0 Å².